The van der Waals surface area contributed by atoms with Gasteiger partial charge >= 0.3 is 6.03 Å². The van der Waals surface area contributed by atoms with E-state index in [2.05, 4.69) is 16.6 Å². The van der Waals surface area contributed by atoms with Crippen molar-refractivity contribution in [2.75, 3.05) is 13.1 Å². The van der Waals surface area contributed by atoms with Crippen LogP contribution in [0, 0.1) is 12.3 Å². The summed E-state index contributed by atoms with van der Waals surface area (Å²) in [5.74, 6) is 2.29. The number of nitrogens with two attached hydrogens (primary N) is 1. The van der Waals surface area contributed by atoms with Crippen molar-refractivity contribution in [1.82, 2.24) is 10.6 Å². The van der Waals surface area contributed by atoms with E-state index in [1.54, 1.807) is 12.1 Å². The minimum atomic E-state index is -3.66. The van der Waals surface area contributed by atoms with Crippen LogP contribution in [0.5, 0.6) is 0 Å². The molecule has 7 heteroatoms. The van der Waals surface area contributed by atoms with Gasteiger partial charge in [0, 0.05) is 6.54 Å². The average Bonchev–Trinajstić information content (AvgIpc) is 2.36. The van der Waals surface area contributed by atoms with Crippen LogP contribution in [0.2, 0.25) is 0 Å². The summed E-state index contributed by atoms with van der Waals surface area (Å²) < 4.78 is 22.1. The molecule has 1 aromatic rings. The first-order chi connectivity index (χ1) is 8.93. The van der Waals surface area contributed by atoms with Crippen LogP contribution in [-0.2, 0) is 16.4 Å². The van der Waals surface area contributed by atoms with Gasteiger partial charge in [-0.15, -0.1) is 6.42 Å². The van der Waals surface area contributed by atoms with Crippen LogP contribution in [0.1, 0.15) is 5.56 Å². The van der Waals surface area contributed by atoms with Gasteiger partial charge in [0.1, 0.15) is 0 Å². The van der Waals surface area contributed by atoms with Gasteiger partial charge in [-0.25, -0.2) is 18.4 Å². The van der Waals surface area contributed by atoms with Gasteiger partial charge in [0.2, 0.25) is 10.0 Å². The van der Waals surface area contributed by atoms with Crippen LogP contribution < -0.4 is 15.8 Å². The van der Waals surface area contributed by atoms with Crippen LogP contribution in [0.15, 0.2) is 29.2 Å². The third-order valence-corrected chi connectivity index (χ3v) is 3.23. The Morgan fingerprint density at radius 2 is 1.89 bits per heavy atom. The van der Waals surface area contributed by atoms with Gasteiger partial charge in [0.25, 0.3) is 0 Å². The maximum Gasteiger partial charge on any atom is 0.315 e. The molecule has 0 heterocycles. The molecule has 1 rings (SSSR count). The topological polar surface area (TPSA) is 101 Å². The summed E-state index contributed by atoms with van der Waals surface area (Å²) in [7, 11) is -3.66. The summed E-state index contributed by atoms with van der Waals surface area (Å²) in [4.78, 5) is 11.2. The zero-order chi connectivity index (χ0) is 14.3. The molecule has 0 aliphatic carbocycles. The molecule has 0 unspecified atom stereocenters. The third kappa shape index (κ3) is 5.42. The summed E-state index contributed by atoms with van der Waals surface area (Å²) in [6, 6.07) is 5.84. The lowest BCUT2D eigenvalue weighted by Crippen LogP contribution is -2.36. The van der Waals surface area contributed by atoms with Gasteiger partial charge in [-0.05, 0) is 24.1 Å². The number of amides is 2. The largest absolute Gasteiger partial charge is 0.338 e. The Kier molecular flexibility index (Phi) is 5.36. The molecule has 0 bridgehead atoms. The van der Waals surface area contributed by atoms with Crippen molar-refractivity contribution >= 4 is 16.1 Å². The van der Waals surface area contributed by atoms with Crippen molar-refractivity contribution in [2.24, 2.45) is 5.14 Å². The van der Waals surface area contributed by atoms with Gasteiger partial charge in [-0.2, -0.15) is 0 Å². The molecule has 0 aliphatic heterocycles. The summed E-state index contributed by atoms with van der Waals surface area (Å²) in [5, 5.41) is 10.1. The zero-order valence-corrected chi connectivity index (χ0v) is 11.0. The molecule has 0 radical (unpaired) electrons. The van der Waals surface area contributed by atoms with Crippen molar-refractivity contribution in [3.63, 3.8) is 0 Å². The maximum atomic E-state index is 11.2. The molecule has 0 saturated heterocycles. The number of benzene rings is 1. The van der Waals surface area contributed by atoms with Crippen molar-refractivity contribution in [3.05, 3.63) is 29.8 Å². The molecule has 0 aliphatic rings. The van der Waals surface area contributed by atoms with Crippen molar-refractivity contribution < 1.29 is 13.2 Å². The van der Waals surface area contributed by atoms with Crippen LogP contribution in [0.4, 0.5) is 4.79 Å². The van der Waals surface area contributed by atoms with Gasteiger partial charge in [-0.1, -0.05) is 18.1 Å². The first-order valence-corrected chi connectivity index (χ1v) is 7.05. The van der Waals surface area contributed by atoms with E-state index in [-0.39, 0.29) is 17.5 Å². The van der Waals surface area contributed by atoms with Crippen LogP contribution in [-0.4, -0.2) is 27.5 Å². The number of hydrogen-bond acceptors (Lipinski definition) is 3. The van der Waals surface area contributed by atoms with Crippen LogP contribution in [0.3, 0.4) is 0 Å². The molecular weight excluding hydrogens is 266 g/mol. The van der Waals surface area contributed by atoms with Crippen molar-refractivity contribution in [2.45, 2.75) is 11.3 Å². The molecule has 19 heavy (non-hydrogen) atoms. The highest BCUT2D eigenvalue weighted by Crippen LogP contribution is 2.08. The van der Waals surface area contributed by atoms with E-state index in [0.29, 0.717) is 13.0 Å². The number of carbonyl (C=O) groups is 1. The SMILES string of the molecule is C#CCNC(=O)NCCc1ccc(S(N)(=O)=O)cc1. The number of hydrogen-bond donors (Lipinski definition) is 3. The van der Waals surface area contributed by atoms with E-state index in [1.165, 1.54) is 12.1 Å². The van der Waals surface area contributed by atoms with Crippen molar-refractivity contribution in [3.8, 4) is 12.3 Å². The van der Waals surface area contributed by atoms with E-state index in [0.717, 1.165) is 5.56 Å². The Labute approximate surface area is 112 Å². The van der Waals surface area contributed by atoms with Gasteiger partial charge in [0.05, 0.1) is 11.4 Å². The lowest BCUT2D eigenvalue weighted by molar-refractivity contribution is 0.242. The quantitative estimate of drug-likeness (QED) is 0.652. The molecule has 2 amide bonds. The fraction of sp³-hybridized carbons (Fsp3) is 0.250. The predicted molar refractivity (Wildman–Crippen MR) is 71.8 cm³/mol. The fourth-order valence-electron chi connectivity index (χ4n) is 1.36. The van der Waals surface area contributed by atoms with E-state index >= 15 is 0 Å². The second-order valence-electron chi connectivity index (χ2n) is 3.75. The van der Waals surface area contributed by atoms with Crippen molar-refractivity contribution in [1.29, 1.82) is 0 Å². The Balaban J connectivity index is 2.43. The monoisotopic (exact) mass is 281 g/mol. The Morgan fingerprint density at radius 1 is 1.26 bits per heavy atom. The number of urea groups is 1. The molecule has 0 atom stereocenters. The van der Waals surface area contributed by atoms with E-state index in [1.807, 2.05) is 0 Å². The molecule has 102 valence electrons. The summed E-state index contributed by atoms with van der Waals surface area (Å²) in [5.41, 5.74) is 0.893. The number of nitrogens with one attached hydrogen (secondary N) is 2. The second-order valence-corrected chi connectivity index (χ2v) is 5.31. The lowest BCUT2D eigenvalue weighted by Gasteiger charge is -2.06. The number of carbonyl (C=O) groups excluding carboxylic acids is 1. The highest BCUT2D eigenvalue weighted by atomic mass is 32.2. The van der Waals surface area contributed by atoms with Gasteiger partial charge in [-0.3, -0.25) is 0 Å². The molecule has 1 aromatic carbocycles. The standard InChI is InChI=1S/C12H15N3O3S/c1-2-8-14-12(16)15-9-7-10-3-5-11(6-4-10)19(13,17)18/h1,3-6H,7-9H2,(H2,13,17,18)(H2,14,15,16). The molecule has 6 nitrogen and oxygen atoms in total. The molecule has 0 fully saturated rings. The highest BCUT2D eigenvalue weighted by Gasteiger charge is 2.06. The first kappa shape index (κ1) is 15.0. The molecule has 0 spiro atoms. The van der Waals surface area contributed by atoms with Crippen LogP contribution >= 0.6 is 0 Å². The summed E-state index contributed by atoms with van der Waals surface area (Å²) in [6.07, 6.45) is 5.57. The molecule has 4 N–H and O–H groups in total. The highest BCUT2D eigenvalue weighted by molar-refractivity contribution is 7.89. The second kappa shape index (κ2) is 6.78. The average molecular weight is 281 g/mol. The predicted octanol–water partition coefficient (Wildman–Crippen LogP) is -0.191. The molecule has 0 aromatic heterocycles. The third-order valence-electron chi connectivity index (χ3n) is 2.30. The summed E-state index contributed by atoms with van der Waals surface area (Å²) >= 11 is 0. The minimum absolute atomic E-state index is 0.0657. The number of rotatable bonds is 5. The Bertz CT molecular complexity index is 573. The van der Waals surface area contributed by atoms with E-state index in [4.69, 9.17) is 11.6 Å². The molecule has 0 saturated carbocycles. The van der Waals surface area contributed by atoms with Gasteiger partial charge in [0.15, 0.2) is 0 Å². The maximum absolute atomic E-state index is 11.2. The van der Waals surface area contributed by atoms with Crippen LogP contribution in [0.25, 0.3) is 0 Å². The minimum Gasteiger partial charge on any atom is -0.338 e. The zero-order valence-electron chi connectivity index (χ0n) is 10.2. The van der Waals surface area contributed by atoms with E-state index < -0.39 is 10.0 Å². The Hall–Kier alpha value is -2.04. The first-order valence-electron chi connectivity index (χ1n) is 5.50. The lowest BCUT2D eigenvalue weighted by atomic mass is 10.1. The van der Waals surface area contributed by atoms with Gasteiger partial charge < -0.3 is 10.6 Å². The normalized spacial score (nSPS) is 10.5. The fourth-order valence-corrected chi connectivity index (χ4v) is 1.88. The number of primary sulfonamides is 1. The summed E-state index contributed by atoms with van der Waals surface area (Å²) in [6.45, 7) is 0.597. The Morgan fingerprint density at radius 3 is 2.42 bits per heavy atom. The smallest absolute Gasteiger partial charge is 0.315 e. The number of terminal acetylenes is 1. The van der Waals surface area contributed by atoms with E-state index in [9.17, 15) is 13.2 Å². The number of sulfonamides is 1. The molecular formula is C12H15N3O3S.